The van der Waals surface area contributed by atoms with E-state index in [0.717, 1.165) is 4.90 Å². The Morgan fingerprint density at radius 1 is 1.56 bits per heavy atom. The Labute approximate surface area is 94.0 Å². The molecule has 6 nitrogen and oxygen atoms in total. The summed E-state index contributed by atoms with van der Waals surface area (Å²) in [7, 11) is 0. The molecule has 0 radical (unpaired) electrons. The summed E-state index contributed by atoms with van der Waals surface area (Å²) in [5.41, 5.74) is 4.71. The van der Waals surface area contributed by atoms with E-state index in [9.17, 15) is 14.7 Å². The van der Waals surface area contributed by atoms with Crippen LogP contribution in [0, 0.1) is 0 Å². The van der Waals surface area contributed by atoms with E-state index in [1.165, 1.54) is 0 Å². The number of rotatable bonds is 3. The maximum Gasteiger partial charge on any atom is 0.326 e. The highest BCUT2D eigenvalue weighted by Crippen LogP contribution is 2.22. The third-order valence-electron chi connectivity index (χ3n) is 3.05. The molecule has 1 unspecified atom stereocenters. The van der Waals surface area contributed by atoms with Crippen LogP contribution in [0.3, 0.4) is 0 Å². The zero-order valence-electron chi connectivity index (χ0n) is 9.51. The average molecular weight is 230 g/mol. The van der Waals surface area contributed by atoms with Crippen LogP contribution in [0.15, 0.2) is 0 Å². The van der Waals surface area contributed by atoms with Gasteiger partial charge >= 0.3 is 5.97 Å². The molecule has 6 heteroatoms. The number of carboxylic acids is 1. The number of nitrogens with zero attached hydrogens (tertiary/aromatic N) is 1. The van der Waals surface area contributed by atoms with Crippen molar-refractivity contribution in [1.29, 1.82) is 0 Å². The Hall–Kier alpha value is -1.14. The molecule has 0 saturated carbocycles. The third kappa shape index (κ3) is 2.33. The van der Waals surface area contributed by atoms with Crippen LogP contribution in [-0.4, -0.2) is 51.2 Å². The zero-order chi connectivity index (χ0) is 12.5. The van der Waals surface area contributed by atoms with Gasteiger partial charge in [-0.25, -0.2) is 4.79 Å². The Morgan fingerprint density at radius 2 is 2.12 bits per heavy atom. The number of carboxylic acid groups (broad SMARTS) is 1. The maximum absolute atomic E-state index is 12.0. The minimum Gasteiger partial charge on any atom is -0.480 e. The summed E-state index contributed by atoms with van der Waals surface area (Å²) in [5, 5.41) is 18.4. The SMILES string of the molecule is CCC(C)(N)C(=O)N1C[C@@H](O)C[C@H]1C(=O)O. The highest BCUT2D eigenvalue weighted by Gasteiger charge is 2.43. The number of amides is 1. The highest BCUT2D eigenvalue weighted by atomic mass is 16.4. The lowest BCUT2D eigenvalue weighted by molar-refractivity contribution is -0.150. The van der Waals surface area contributed by atoms with Crippen molar-refractivity contribution < 1.29 is 19.8 Å². The summed E-state index contributed by atoms with van der Waals surface area (Å²) in [6.07, 6.45) is -0.288. The van der Waals surface area contributed by atoms with Gasteiger partial charge in [-0.2, -0.15) is 0 Å². The van der Waals surface area contributed by atoms with Gasteiger partial charge in [-0.05, 0) is 13.3 Å². The smallest absolute Gasteiger partial charge is 0.326 e. The van der Waals surface area contributed by atoms with Gasteiger partial charge in [0.15, 0.2) is 0 Å². The maximum atomic E-state index is 12.0. The van der Waals surface area contributed by atoms with Crippen LogP contribution in [0.2, 0.25) is 0 Å². The molecular formula is C10H18N2O4. The van der Waals surface area contributed by atoms with Crippen molar-refractivity contribution in [3.8, 4) is 0 Å². The molecule has 4 N–H and O–H groups in total. The second-order valence-electron chi connectivity index (χ2n) is 4.47. The molecule has 0 aromatic heterocycles. The topological polar surface area (TPSA) is 104 Å². The van der Waals surface area contributed by atoms with Crippen molar-refractivity contribution in [3.05, 3.63) is 0 Å². The number of carbonyl (C=O) groups excluding carboxylic acids is 1. The quantitative estimate of drug-likeness (QED) is 0.586. The van der Waals surface area contributed by atoms with E-state index >= 15 is 0 Å². The van der Waals surface area contributed by atoms with Crippen LogP contribution in [0.5, 0.6) is 0 Å². The van der Waals surface area contributed by atoms with Gasteiger partial charge in [0.2, 0.25) is 5.91 Å². The van der Waals surface area contributed by atoms with Crippen molar-refractivity contribution in [2.45, 2.75) is 44.4 Å². The number of carbonyl (C=O) groups is 2. The first-order valence-corrected chi connectivity index (χ1v) is 5.30. The number of β-amino-alcohol motifs (C(OH)–C–C–N with tert-alkyl or cyclic N) is 1. The number of aliphatic hydroxyl groups excluding tert-OH is 1. The van der Waals surface area contributed by atoms with Crippen LogP contribution in [0.25, 0.3) is 0 Å². The summed E-state index contributed by atoms with van der Waals surface area (Å²) < 4.78 is 0. The van der Waals surface area contributed by atoms with E-state index in [4.69, 9.17) is 10.8 Å². The fourth-order valence-corrected chi connectivity index (χ4v) is 1.75. The van der Waals surface area contributed by atoms with E-state index in [-0.39, 0.29) is 13.0 Å². The van der Waals surface area contributed by atoms with E-state index in [1.807, 2.05) is 0 Å². The zero-order valence-corrected chi connectivity index (χ0v) is 9.51. The van der Waals surface area contributed by atoms with Gasteiger partial charge in [-0.1, -0.05) is 6.92 Å². The summed E-state index contributed by atoms with van der Waals surface area (Å²) in [5.74, 6) is -1.52. The van der Waals surface area contributed by atoms with Gasteiger partial charge in [0.05, 0.1) is 11.6 Å². The second-order valence-corrected chi connectivity index (χ2v) is 4.47. The van der Waals surface area contributed by atoms with Crippen LogP contribution < -0.4 is 5.73 Å². The van der Waals surface area contributed by atoms with Crippen LogP contribution in [0.4, 0.5) is 0 Å². The summed E-state index contributed by atoms with van der Waals surface area (Å²) in [4.78, 5) is 24.1. The molecular weight excluding hydrogens is 212 g/mol. The first kappa shape index (κ1) is 12.9. The molecule has 1 saturated heterocycles. The molecule has 1 aliphatic heterocycles. The molecule has 1 fully saturated rings. The molecule has 1 rings (SSSR count). The summed E-state index contributed by atoms with van der Waals surface area (Å²) in [6.45, 7) is 3.38. The van der Waals surface area contributed by atoms with Gasteiger partial charge < -0.3 is 20.8 Å². The predicted octanol–water partition coefficient (Wildman–Crippen LogP) is -0.840. The van der Waals surface area contributed by atoms with Crippen LogP contribution in [0.1, 0.15) is 26.7 Å². The van der Waals surface area contributed by atoms with Crippen molar-refractivity contribution in [3.63, 3.8) is 0 Å². The summed E-state index contributed by atoms with van der Waals surface area (Å²) in [6, 6.07) is -0.961. The average Bonchev–Trinajstić information content (AvgIpc) is 2.59. The molecule has 0 aromatic carbocycles. The Bertz CT molecular complexity index is 303. The molecule has 0 spiro atoms. The Balaban J connectivity index is 2.86. The lowest BCUT2D eigenvalue weighted by atomic mass is 9.98. The third-order valence-corrected chi connectivity index (χ3v) is 3.05. The minimum absolute atomic E-state index is 0.0442. The molecule has 1 amide bonds. The number of hydrogen-bond acceptors (Lipinski definition) is 4. The lowest BCUT2D eigenvalue weighted by Crippen LogP contribution is -2.55. The number of likely N-dealkylation sites (tertiary alicyclic amines) is 1. The number of aliphatic carboxylic acids is 1. The van der Waals surface area contributed by atoms with Crippen LogP contribution >= 0.6 is 0 Å². The van der Waals surface area contributed by atoms with E-state index in [0.29, 0.717) is 6.42 Å². The number of nitrogens with two attached hydrogens (primary N) is 1. The molecule has 0 bridgehead atoms. The standard InChI is InChI=1S/C10H18N2O4/c1-3-10(2,11)9(16)12-5-6(13)4-7(12)8(14)15/h6-7,13H,3-5,11H2,1-2H3,(H,14,15)/t6-,7-,10?/m0/s1. The Kier molecular flexibility index (Phi) is 3.54. The van der Waals surface area contributed by atoms with Crippen LogP contribution in [-0.2, 0) is 9.59 Å². The van der Waals surface area contributed by atoms with Crippen molar-refractivity contribution in [2.75, 3.05) is 6.54 Å². The van der Waals surface area contributed by atoms with Crippen molar-refractivity contribution in [2.24, 2.45) is 5.73 Å². The lowest BCUT2D eigenvalue weighted by Gasteiger charge is -2.30. The molecule has 16 heavy (non-hydrogen) atoms. The van der Waals surface area contributed by atoms with E-state index < -0.39 is 29.6 Å². The van der Waals surface area contributed by atoms with Crippen molar-refractivity contribution in [1.82, 2.24) is 4.90 Å². The van der Waals surface area contributed by atoms with Gasteiger partial charge in [0.1, 0.15) is 6.04 Å². The van der Waals surface area contributed by atoms with E-state index in [1.54, 1.807) is 13.8 Å². The highest BCUT2D eigenvalue weighted by molar-refractivity contribution is 5.90. The Morgan fingerprint density at radius 3 is 2.56 bits per heavy atom. The fraction of sp³-hybridized carbons (Fsp3) is 0.800. The first-order valence-electron chi connectivity index (χ1n) is 5.30. The fourth-order valence-electron chi connectivity index (χ4n) is 1.75. The minimum atomic E-state index is -1.10. The first-order chi connectivity index (χ1) is 7.29. The largest absolute Gasteiger partial charge is 0.480 e. The van der Waals surface area contributed by atoms with Gasteiger partial charge in [0, 0.05) is 13.0 Å². The van der Waals surface area contributed by atoms with Gasteiger partial charge in [0.25, 0.3) is 0 Å². The number of hydrogen-bond donors (Lipinski definition) is 3. The molecule has 1 heterocycles. The summed E-state index contributed by atoms with van der Waals surface area (Å²) >= 11 is 0. The predicted molar refractivity (Wildman–Crippen MR) is 56.6 cm³/mol. The molecule has 0 aromatic rings. The van der Waals surface area contributed by atoms with Gasteiger partial charge in [-0.15, -0.1) is 0 Å². The van der Waals surface area contributed by atoms with Crippen molar-refractivity contribution >= 4 is 11.9 Å². The molecule has 3 atom stereocenters. The van der Waals surface area contributed by atoms with Gasteiger partial charge in [-0.3, -0.25) is 4.79 Å². The molecule has 0 aliphatic carbocycles. The molecule has 92 valence electrons. The van der Waals surface area contributed by atoms with E-state index in [2.05, 4.69) is 0 Å². The molecule has 1 aliphatic rings. The second kappa shape index (κ2) is 4.39. The normalized spacial score (nSPS) is 28.9. The monoisotopic (exact) mass is 230 g/mol. The number of aliphatic hydroxyl groups is 1.